The van der Waals surface area contributed by atoms with Crippen LogP contribution in [-0.4, -0.2) is 16.5 Å². The van der Waals surface area contributed by atoms with E-state index in [2.05, 4.69) is 10.3 Å². The summed E-state index contributed by atoms with van der Waals surface area (Å²) in [6.45, 7) is 3.09. The third-order valence-electron chi connectivity index (χ3n) is 3.68. The molecule has 0 aliphatic carbocycles. The molecule has 1 amide bonds. The number of anilines is 1. The van der Waals surface area contributed by atoms with Crippen LogP contribution in [0.5, 0.6) is 5.75 Å². The van der Waals surface area contributed by atoms with E-state index in [1.807, 2.05) is 0 Å². The first-order chi connectivity index (χ1) is 12.6. The highest BCUT2D eigenvalue weighted by Gasteiger charge is 2.35. The molecule has 2 aromatic carbocycles. The summed E-state index contributed by atoms with van der Waals surface area (Å²) < 4.78 is 45.3. The van der Waals surface area contributed by atoms with Crippen molar-refractivity contribution >= 4 is 44.2 Å². The highest BCUT2D eigenvalue weighted by molar-refractivity contribution is 7.22. The molecule has 4 nitrogen and oxygen atoms in total. The fraction of sp³-hybridized carbons (Fsp3) is 0.222. The zero-order chi connectivity index (χ0) is 19.8. The maximum Gasteiger partial charge on any atom is 0.418 e. The van der Waals surface area contributed by atoms with Crippen LogP contribution in [0.4, 0.5) is 18.3 Å². The third-order valence-corrected chi connectivity index (χ3v) is 4.87. The Bertz CT molecular complexity index is 984. The number of hydrogen-bond acceptors (Lipinski definition) is 4. The molecule has 0 bridgehead atoms. The number of fused-ring (bicyclic) bond motifs is 1. The third kappa shape index (κ3) is 4.33. The SMILES string of the molecule is CC(C)(Oc1ccc(Cl)cc1)C(=O)Nc1nc2c(C(F)(F)F)cccc2s1. The monoisotopic (exact) mass is 414 g/mol. The normalized spacial score (nSPS) is 12.2. The molecule has 0 unspecified atom stereocenters. The molecule has 0 radical (unpaired) electrons. The first kappa shape index (κ1) is 19.4. The Morgan fingerprint density at radius 3 is 2.44 bits per heavy atom. The van der Waals surface area contributed by atoms with Crippen molar-refractivity contribution in [3.8, 4) is 5.75 Å². The Morgan fingerprint density at radius 2 is 1.81 bits per heavy atom. The number of hydrogen-bond donors (Lipinski definition) is 1. The van der Waals surface area contributed by atoms with Crippen molar-refractivity contribution in [2.45, 2.75) is 25.6 Å². The van der Waals surface area contributed by atoms with Gasteiger partial charge in [-0.2, -0.15) is 13.2 Å². The number of halogens is 4. The molecule has 9 heteroatoms. The van der Waals surface area contributed by atoms with Gasteiger partial charge in [0.05, 0.1) is 15.8 Å². The second-order valence-corrected chi connectivity index (χ2v) is 7.66. The van der Waals surface area contributed by atoms with Crippen LogP contribution >= 0.6 is 22.9 Å². The number of para-hydroxylation sites is 1. The molecule has 0 aliphatic heterocycles. The molecule has 1 heterocycles. The Balaban J connectivity index is 1.81. The predicted octanol–water partition coefficient (Wildman–Crippen LogP) is 5.76. The van der Waals surface area contributed by atoms with Crippen LogP contribution in [0.15, 0.2) is 42.5 Å². The van der Waals surface area contributed by atoms with E-state index in [-0.39, 0.29) is 10.6 Å². The summed E-state index contributed by atoms with van der Waals surface area (Å²) in [7, 11) is 0. The van der Waals surface area contributed by atoms with Gasteiger partial charge in [-0.15, -0.1) is 0 Å². The molecular formula is C18H14ClF3N2O2S. The number of nitrogens with zero attached hydrogens (tertiary/aromatic N) is 1. The van der Waals surface area contributed by atoms with Crippen LogP contribution < -0.4 is 10.1 Å². The zero-order valence-electron chi connectivity index (χ0n) is 14.2. The Kier molecular flexibility index (Phi) is 5.05. The smallest absolute Gasteiger partial charge is 0.418 e. The molecule has 0 saturated carbocycles. The van der Waals surface area contributed by atoms with Crippen LogP contribution in [0.3, 0.4) is 0 Å². The molecule has 0 saturated heterocycles. The quantitative estimate of drug-likeness (QED) is 0.590. The first-order valence-electron chi connectivity index (χ1n) is 7.79. The van der Waals surface area contributed by atoms with Gasteiger partial charge in [-0.3, -0.25) is 10.1 Å². The van der Waals surface area contributed by atoms with Gasteiger partial charge in [0.25, 0.3) is 5.91 Å². The second kappa shape index (κ2) is 7.01. The minimum absolute atomic E-state index is 0.0690. The van der Waals surface area contributed by atoms with E-state index in [9.17, 15) is 18.0 Å². The molecule has 0 fully saturated rings. The minimum Gasteiger partial charge on any atom is -0.478 e. The van der Waals surface area contributed by atoms with Crippen molar-refractivity contribution in [1.82, 2.24) is 4.98 Å². The average Bonchev–Trinajstić information content (AvgIpc) is 2.98. The summed E-state index contributed by atoms with van der Waals surface area (Å²) in [5, 5.41) is 3.13. The number of aromatic nitrogens is 1. The first-order valence-corrected chi connectivity index (χ1v) is 8.98. The lowest BCUT2D eigenvalue weighted by molar-refractivity contribution is -0.136. The van der Waals surface area contributed by atoms with E-state index in [0.29, 0.717) is 15.5 Å². The maximum atomic E-state index is 13.1. The number of alkyl halides is 3. The molecule has 0 spiro atoms. The summed E-state index contributed by atoms with van der Waals surface area (Å²) in [5.41, 5.74) is -2.31. The molecular weight excluding hydrogens is 401 g/mol. The molecule has 3 aromatic rings. The van der Waals surface area contributed by atoms with E-state index in [4.69, 9.17) is 16.3 Å². The number of rotatable bonds is 4. The van der Waals surface area contributed by atoms with Crippen molar-refractivity contribution in [2.24, 2.45) is 0 Å². The lowest BCUT2D eigenvalue weighted by Gasteiger charge is -2.24. The van der Waals surface area contributed by atoms with Crippen LogP contribution in [0.1, 0.15) is 19.4 Å². The van der Waals surface area contributed by atoms with Crippen LogP contribution in [-0.2, 0) is 11.0 Å². The number of benzene rings is 2. The van der Waals surface area contributed by atoms with E-state index in [1.165, 1.54) is 12.1 Å². The van der Waals surface area contributed by atoms with Crippen molar-refractivity contribution in [2.75, 3.05) is 5.32 Å². The maximum absolute atomic E-state index is 13.1. The zero-order valence-corrected chi connectivity index (χ0v) is 15.8. The Morgan fingerprint density at radius 1 is 1.15 bits per heavy atom. The van der Waals surface area contributed by atoms with Gasteiger partial charge in [0.1, 0.15) is 5.75 Å². The lowest BCUT2D eigenvalue weighted by Crippen LogP contribution is -2.42. The van der Waals surface area contributed by atoms with E-state index >= 15 is 0 Å². The van der Waals surface area contributed by atoms with Gasteiger partial charge in [0, 0.05) is 5.02 Å². The standard InChI is InChI=1S/C18H14ClF3N2O2S/c1-17(2,26-11-8-6-10(19)7-9-11)15(25)24-16-23-14-12(18(20,21)22)4-3-5-13(14)27-16/h3-9H,1-2H3,(H,23,24,25). The van der Waals surface area contributed by atoms with Gasteiger partial charge in [-0.25, -0.2) is 4.98 Å². The van der Waals surface area contributed by atoms with Gasteiger partial charge < -0.3 is 4.74 Å². The fourth-order valence-electron chi connectivity index (χ4n) is 2.32. The number of thiazole rings is 1. The number of carbonyl (C=O) groups excluding carboxylic acids is 1. The highest BCUT2D eigenvalue weighted by atomic mass is 35.5. The molecule has 0 aliphatic rings. The number of amides is 1. The van der Waals surface area contributed by atoms with Gasteiger partial charge in [0.15, 0.2) is 10.7 Å². The molecule has 3 rings (SSSR count). The molecule has 27 heavy (non-hydrogen) atoms. The van der Waals surface area contributed by atoms with Crippen LogP contribution in [0.2, 0.25) is 5.02 Å². The van der Waals surface area contributed by atoms with E-state index in [1.54, 1.807) is 38.1 Å². The summed E-state index contributed by atoms with van der Waals surface area (Å²) in [6.07, 6.45) is -4.52. The highest BCUT2D eigenvalue weighted by Crippen LogP contribution is 2.37. The Hall–Kier alpha value is -2.32. The van der Waals surface area contributed by atoms with Gasteiger partial charge in [-0.05, 0) is 50.2 Å². The van der Waals surface area contributed by atoms with Crippen molar-refractivity contribution in [3.05, 3.63) is 53.1 Å². The summed E-state index contributed by atoms with van der Waals surface area (Å²) >= 11 is 6.78. The van der Waals surface area contributed by atoms with Crippen molar-refractivity contribution < 1.29 is 22.7 Å². The molecule has 142 valence electrons. The topological polar surface area (TPSA) is 51.2 Å². The number of ether oxygens (including phenoxy) is 1. The molecule has 0 atom stereocenters. The molecule has 1 N–H and O–H groups in total. The minimum atomic E-state index is -4.52. The van der Waals surface area contributed by atoms with E-state index < -0.39 is 23.2 Å². The second-order valence-electron chi connectivity index (χ2n) is 6.19. The molecule has 1 aromatic heterocycles. The predicted molar refractivity (Wildman–Crippen MR) is 99.4 cm³/mol. The lowest BCUT2D eigenvalue weighted by atomic mass is 10.1. The summed E-state index contributed by atoms with van der Waals surface area (Å²) in [5.74, 6) is -0.103. The fourth-order valence-corrected chi connectivity index (χ4v) is 3.34. The van der Waals surface area contributed by atoms with Gasteiger partial charge in [-0.1, -0.05) is 29.0 Å². The number of nitrogens with one attached hydrogen (secondary N) is 1. The van der Waals surface area contributed by atoms with E-state index in [0.717, 1.165) is 17.4 Å². The Labute approximate surface area is 161 Å². The van der Waals surface area contributed by atoms with Gasteiger partial charge >= 0.3 is 6.18 Å². The largest absolute Gasteiger partial charge is 0.478 e. The van der Waals surface area contributed by atoms with Crippen molar-refractivity contribution in [1.29, 1.82) is 0 Å². The number of carbonyl (C=O) groups is 1. The summed E-state index contributed by atoms with van der Waals surface area (Å²) in [4.78, 5) is 16.5. The summed E-state index contributed by atoms with van der Waals surface area (Å²) in [6, 6.07) is 10.3. The average molecular weight is 415 g/mol. The van der Waals surface area contributed by atoms with Crippen LogP contribution in [0.25, 0.3) is 10.2 Å². The van der Waals surface area contributed by atoms with Crippen LogP contribution in [0, 0.1) is 0 Å². The van der Waals surface area contributed by atoms with Gasteiger partial charge in [0.2, 0.25) is 0 Å². The van der Waals surface area contributed by atoms with Crippen molar-refractivity contribution in [3.63, 3.8) is 0 Å².